The average molecular weight is 290 g/mol. The Morgan fingerprint density at radius 1 is 1.19 bits per heavy atom. The minimum atomic E-state index is -0.0642. The van der Waals surface area contributed by atoms with Gasteiger partial charge < -0.3 is 25.1 Å². The molecule has 0 aliphatic carbocycles. The van der Waals surface area contributed by atoms with E-state index < -0.39 is 0 Å². The van der Waals surface area contributed by atoms with Crippen molar-refractivity contribution in [2.45, 2.75) is 13.5 Å². The van der Waals surface area contributed by atoms with Crippen molar-refractivity contribution >= 4 is 5.69 Å². The number of nitrogen functional groups attached to an aromatic ring is 1. The van der Waals surface area contributed by atoms with Crippen LogP contribution >= 0.6 is 0 Å². The maximum atomic E-state index is 9.13. The quantitative estimate of drug-likeness (QED) is 0.849. The third kappa shape index (κ3) is 3.55. The molecule has 0 saturated carbocycles. The lowest BCUT2D eigenvalue weighted by molar-refractivity contribution is 0.280. The first kappa shape index (κ1) is 14.9. The SMILES string of the molecule is CCOc1nc(Oc2ccc(CO)cc2OC)ccc1N. The molecule has 0 spiro atoms. The summed E-state index contributed by atoms with van der Waals surface area (Å²) in [6.07, 6.45) is 0. The fourth-order valence-electron chi connectivity index (χ4n) is 1.75. The number of hydrogen-bond donors (Lipinski definition) is 2. The van der Waals surface area contributed by atoms with Crippen LogP contribution in [0.15, 0.2) is 30.3 Å². The number of aromatic nitrogens is 1. The van der Waals surface area contributed by atoms with E-state index in [1.807, 2.05) is 6.92 Å². The highest BCUT2D eigenvalue weighted by atomic mass is 16.5. The van der Waals surface area contributed by atoms with Gasteiger partial charge >= 0.3 is 0 Å². The molecule has 112 valence electrons. The molecule has 0 amide bonds. The van der Waals surface area contributed by atoms with Crippen LogP contribution in [0.3, 0.4) is 0 Å². The summed E-state index contributed by atoms with van der Waals surface area (Å²) in [6, 6.07) is 8.48. The van der Waals surface area contributed by atoms with E-state index in [0.29, 0.717) is 35.6 Å². The molecular weight excluding hydrogens is 272 g/mol. The molecule has 1 aromatic carbocycles. The van der Waals surface area contributed by atoms with Gasteiger partial charge in [0, 0.05) is 6.07 Å². The number of rotatable bonds is 6. The Balaban J connectivity index is 2.27. The zero-order valence-electron chi connectivity index (χ0n) is 12.0. The topological polar surface area (TPSA) is 86.8 Å². The van der Waals surface area contributed by atoms with Gasteiger partial charge in [0.05, 0.1) is 26.0 Å². The molecular formula is C15H18N2O4. The average Bonchev–Trinajstić information content (AvgIpc) is 2.51. The number of benzene rings is 1. The Morgan fingerprint density at radius 3 is 2.67 bits per heavy atom. The summed E-state index contributed by atoms with van der Waals surface area (Å²) >= 11 is 0. The molecule has 21 heavy (non-hydrogen) atoms. The number of anilines is 1. The van der Waals surface area contributed by atoms with Crippen molar-refractivity contribution in [2.75, 3.05) is 19.5 Å². The van der Waals surface area contributed by atoms with Crippen LogP contribution in [0.2, 0.25) is 0 Å². The number of methoxy groups -OCH3 is 1. The summed E-state index contributed by atoms with van der Waals surface area (Å²) in [6.45, 7) is 2.26. The van der Waals surface area contributed by atoms with Gasteiger partial charge in [-0.15, -0.1) is 0 Å². The lowest BCUT2D eigenvalue weighted by atomic mass is 10.2. The highest BCUT2D eigenvalue weighted by Crippen LogP contribution is 2.33. The van der Waals surface area contributed by atoms with Gasteiger partial charge in [0.15, 0.2) is 11.5 Å². The van der Waals surface area contributed by atoms with Gasteiger partial charge in [-0.3, -0.25) is 0 Å². The third-order valence-corrected chi connectivity index (χ3v) is 2.77. The van der Waals surface area contributed by atoms with Crippen molar-refractivity contribution in [2.24, 2.45) is 0 Å². The summed E-state index contributed by atoms with van der Waals surface area (Å²) in [5.41, 5.74) is 6.95. The molecule has 0 unspecified atom stereocenters. The molecule has 0 aliphatic heterocycles. The fourth-order valence-corrected chi connectivity index (χ4v) is 1.75. The standard InChI is InChI=1S/C15H18N2O4/c1-3-20-15-11(16)5-7-14(17-15)21-12-6-4-10(9-18)8-13(12)19-2/h4-8,18H,3,9,16H2,1-2H3. The normalized spacial score (nSPS) is 10.2. The van der Waals surface area contributed by atoms with Crippen LogP contribution in [0.1, 0.15) is 12.5 Å². The van der Waals surface area contributed by atoms with Crippen molar-refractivity contribution in [3.8, 4) is 23.3 Å². The van der Waals surface area contributed by atoms with Crippen LogP contribution in [-0.4, -0.2) is 23.8 Å². The first-order chi connectivity index (χ1) is 10.2. The van der Waals surface area contributed by atoms with E-state index in [-0.39, 0.29) is 6.61 Å². The minimum absolute atomic E-state index is 0.0642. The van der Waals surface area contributed by atoms with E-state index in [1.165, 1.54) is 7.11 Å². The minimum Gasteiger partial charge on any atom is -0.493 e. The smallest absolute Gasteiger partial charge is 0.240 e. The number of aliphatic hydroxyl groups is 1. The third-order valence-electron chi connectivity index (χ3n) is 2.77. The molecule has 0 aliphatic rings. The largest absolute Gasteiger partial charge is 0.493 e. The lowest BCUT2D eigenvalue weighted by Crippen LogP contribution is -2.01. The van der Waals surface area contributed by atoms with E-state index in [9.17, 15) is 0 Å². The van der Waals surface area contributed by atoms with Crippen molar-refractivity contribution in [1.29, 1.82) is 0 Å². The Labute approximate surface area is 123 Å². The Morgan fingerprint density at radius 2 is 2.00 bits per heavy atom. The van der Waals surface area contributed by atoms with E-state index >= 15 is 0 Å². The Kier molecular flexibility index (Phi) is 4.84. The molecule has 2 rings (SSSR count). The second-order valence-electron chi connectivity index (χ2n) is 4.22. The zero-order valence-corrected chi connectivity index (χ0v) is 12.0. The maximum absolute atomic E-state index is 9.13. The van der Waals surface area contributed by atoms with Crippen molar-refractivity contribution in [3.63, 3.8) is 0 Å². The zero-order chi connectivity index (χ0) is 15.2. The first-order valence-corrected chi connectivity index (χ1v) is 6.52. The van der Waals surface area contributed by atoms with Crippen molar-refractivity contribution in [1.82, 2.24) is 4.98 Å². The number of pyridine rings is 1. The Hall–Kier alpha value is -2.47. The van der Waals surface area contributed by atoms with Crippen LogP contribution in [0.4, 0.5) is 5.69 Å². The van der Waals surface area contributed by atoms with Gasteiger partial charge in [-0.1, -0.05) is 6.07 Å². The molecule has 0 atom stereocenters. The molecule has 6 heteroatoms. The maximum Gasteiger partial charge on any atom is 0.240 e. The van der Waals surface area contributed by atoms with Gasteiger partial charge in [-0.2, -0.15) is 4.98 Å². The molecule has 1 heterocycles. The first-order valence-electron chi connectivity index (χ1n) is 6.52. The number of ether oxygens (including phenoxy) is 3. The molecule has 6 nitrogen and oxygen atoms in total. The summed E-state index contributed by atoms with van der Waals surface area (Å²) in [4.78, 5) is 4.20. The van der Waals surface area contributed by atoms with E-state index in [0.717, 1.165) is 5.56 Å². The van der Waals surface area contributed by atoms with Crippen LogP contribution in [0.25, 0.3) is 0 Å². The predicted molar refractivity (Wildman–Crippen MR) is 78.8 cm³/mol. The van der Waals surface area contributed by atoms with Gasteiger partial charge in [-0.05, 0) is 30.7 Å². The van der Waals surface area contributed by atoms with Crippen LogP contribution in [0.5, 0.6) is 23.3 Å². The molecule has 2 aromatic rings. The number of nitrogens with zero attached hydrogens (tertiary/aromatic N) is 1. The summed E-state index contributed by atoms with van der Waals surface area (Å²) in [5, 5.41) is 9.13. The number of aliphatic hydroxyl groups excluding tert-OH is 1. The van der Waals surface area contributed by atoms with E-state index in [1.54, 1.807) is 30.3 Å². The molecule has 1 aromatic heterocycles. The van der Waals surface area contributed by atoms with Gasteiger partial charge in [0.25, 0.3) is 0 Å². The molecule has 0 bridgehead atoms. The summed E-state index contributed by atoms with van der Waals surface area (Å²) < 4.78 is 16.3. The van der Waals surface area contributed by atoms with Crippen LogP contribution < -0.4 is 19.9 Å². The van der Waals surface area contributed by atoms with Gasteiger partial charge in [-0.25, -0.2) is 0 Å². The van der Waals surface area contributed by atoms with E-state index in [2.05, 4.69) is 4.98 Å². The second-order valence-corrected chi connectivity index (χ2v) is 4.22. The van der Waals surface area contributed by atoms with Crippen molar-refractivity contribution in [3.05, 3.63) is 35.9 Å². The van der Waals surface area contributed by atoms with E-state index in [4.69, 9.17) is 25.1 Å². The fraction of sp³-hybridized carbons (Fsp3) is 0.267. The van der Waals surface area contributed by atoms with Gasteiger partial charge in [0.1, 0.15) is 0 Å². The second kappa shape index (κ2) is 6.81. The molecule has 0 saturated heterocycles. The highest BCUT2D eigenvalue weighted by molar-refractivity contribution is 5.50. The van der Waals surface area contributed by atoms with Gasteiger partial charge in [0.2, 0.25) is 11.8 Å². The monoisotopic (exact) mass is 290 g/mol. The Bertz CT molecular complexity index is 617. The molecule has 0 fully saturated rings. The summed E-state index contributed by atoms with van der Waals surface area (Å²) in [7, 11) is 1.53. The number of hydrogen-bond acceptors (Lipinski definition) is 6. The van der Waals surface area contributed by atoms with Crippen molar-refractivity contribution < 1.29 is 19.3 Å². The molecule has 3 N–H and O–H groups in total. The van der Waals surface area contributed by atoms with Crippen LogP contribution in [-0.2, 0) is 6.61 Å². The summed E-state index contributed by atoms with van der Waals surface area (Å²) in [5.74, 6) is 1.69. The molecule has 0 radical (unpaired) electrons. The van der Waals surface area contributed by atoms with Crippen LogP contribution in [0, 0.1) is 0 Å². The lowest BCUT2D eigenvalue weighted by Gasteiger charge is -2.12. The number of nitrogens with two attached hydrogens (primary N) is 1. The highest BCUT2D eigenvalue weighted by Gasteiger charge is 2.10. The predicted octanol–water partition coefficient (Wildman–Crippen LogP) is 2.36.